The van der Waals surface area contributed by atoms with Crippen LogP contribution in [-0.4, -0.2) is 71.3 Å². The molecule has 2 aliphatic rings. The summed E-state index contributed by atoms with van der Waals surface area (Å²) in [6.45, 7) is 16.1. The Hall–Kier alpha value is -3.23. The van der Waals surface area contributed by atoms with Gasteiger partial charge in [0.25, 0.3) is 5.91 Å². The Morgan fingerprint density at radius 2 is 1.64 bits per heavy atom. The molecule has 4 rings (SSSR count). The van der Waals surface area contributed by atoms with Crippen molar-refractivity contribution < 1.29 is 4.79 Å². The van der Waals surface area contributed by atoms with Gasteiger partial charge in [0.1, 0.15) is 5.82 Å². The highest BCUT2D eigenvalue weighted by Gasteiger charge is 2.29. The van der Waals surface area contributed by atoms with Crippen LogP contribution in [0, 0.1) is 17.9 Å². The van der Waals surface area contributed by atoms with Crippen LogP contribution in [0.2, 0.25) is 10.0 Å². The van der Waals surface area contributed by atoms with Gasteiger partial charge in [-0.25, -0.2) is 10.1 Å². The van der Waals surface area contributed by atoms with Crippen molar-refractivity contribution in [1.82, 2.24) is 19.6 Å². The van der Waals surface area contributed by atoms with Crippen LogP contribution in [0.4, 0.5) is 0 Å². The molecule has 0 aliphatic carbocycles. The van der Waals surface area contributed by atoms with Crippen molar-refractivity contribution in [3.05, 3.63) is 92.1 Å². The van der Waals surface area contributed by atoms with Gasteiger partial charge in [-0.3, -0.25) is 9.69 Å². The maximum atomic E-state index is 13.3. The number of nitrogens with zero attached hydrogens (tertiary/aromatic N) is 6. The summed E-state index contributed by atoms with van der Waals surface area (Å²) in [6.07, 6.45) is 3.83. The summed E-state index contributed by atoms with van der Waals surface area (Å²) in [5.41, 5.74) is 2.85. The van der Waals surface area contributed by atoms with Crippen molar-refractivity contribution in [3.63, 3.8) is 0 Å². The fraction of sp³-hybridized carbons (Fsp3) is 0.433. The molecular weight excluding hydrogens is 531 g/mol. The number of halogens is 2. The molecule has 0 spiro atoms. The first-order valence-corrected chi connectivity index (χ1v) is 14.2. The van der Waals surface area contributed by atoms with E-state index < -0.39 is 0 Å². The van der Waals surface area contributed by atoms with Crippen molar-refractivity contribution in [2.24, 2.45) is 0 Å². The number of hydrogen-bond acceptors (Lipinski definition) is 5. The average molecular weight is 566 g/mol. The smallest absolute Gasteiger partial charge is 0.300 e. The van der Waals surface area contributed by atoms with Gasteiger partial charge in [-0.1, -0.05) is 41.8 Å². The molecule has 39 heavy (non-hydrogen) atoms. The molecule has 2 aromatic rings. The molecule has 0 radical (unpaired) electrons. The van der Waals surface area contributed by atoms with E-state index in [9.17, 15) is 10.1 Å². The summed E-state index contributed by atoms with van der Waals surface area (Å²) < 4.78 is 0. The fourth-order valence-corrected chi connectivity index (χ4v) is 5.90. The highest BCUT2D eigenvalue weighted by Crippen LogP contribution is 2.27. The highest BCUT2D eigenvalue weighted by atomic mass is 35.5. The minimum atomic E-state index is -0.0112. The Morgan fingerprint density at radius 1 is 0.974 bits per heavy atom. The minimum Gasteiger partial charge on any atom is -0.363 e. The summed E-state index contributed by atoms with van der Waals surface area (Å²) in [7, 11) is 0. The Balaban J connectivity index is 1.41. The summed E-state index contributed by atoms with van der Waals surface area (Å²) in [5.74, 6) is 0.581. The van der Waals surface area contributed by atoms with E-state index >= 15 is 0 Å². The predicted molar refractivity (Wildman–Crippen MR) is 155 cm³/mol. The van der Waals surface area contributed by atoms with E-state index in [1.54, 1.807) is 6.07 Å². The lowest BCUT2D eigenvalue weighted by atomic mass is 10.1. The lowest BCUT2D eigenvalue weighted by molar-refractivity contribution is 0.0752. The van der Waals surface area contributed by atoms with Crippen LogP contribution < -0.4 is 0 Å². The second-order valence-electron chi connectivity index (χ2n) is 10.0. The Bertz CT molecular complexity index is 1240. The number of amides is 1. The summed E-state index contributed by atoms with van der Waals surface area (Å²) in [5, 5.41) is 10.8. The number of likely N-dealkylation sites (N-methyl/N-ethyl adjacent to an activating group) is 1. The lowest BCUT2D eigenvalue weighted by Crippen LogP contribution is -2.38. The Labute approximate surface area is 241 Å². The van der Waals surface area contributed by atoms with E-state index in [4.69, 9.17) is 29.8 Å². The number of benzene rings is 2. The number of carbonyl (C=O) groups is 1. The Kier molecular flexibility index (Phi) is 10.1. The number of likely N-dealkylation sites (tertiary alicyclic amines) is 1. The first-order chi connectivity index (χ1) is 18.9. The number of rotatable bonds is 9. The molecule has 0 unspecified atom stereocenters. The van der Waals surface area contributed by atoms with Gasteiger partial charge in [-0.2, -0.15) is 0 Å². The normalized spacial score (nSPS) is 17.1. The van der Waals surface area contributed by atoms with E-state index in [-0.39, 0.29) is 11.6 Å². The number of hydrogen-bond donors (Lipinski definition) is 0. The van der Waals surface area contributed by atoms with Crippen molar-refractivity contribution in [1.29, 1.82) is 5.26 Å². The van der Waals surface area contributed by atoms with Crippen LogP contribution in [-0.2, 0) is 13.1 Å². The van der Waals surface area contributed by atoms with Crippen molar-refractivity contribution >= 4 is 29.1 Å². The monoisotopic (exact) mass is 564 g/mol. The maximum absolute atomic E-state index is 13.3. The molecule has 204 valence electrons. The Morgan fingerprint density at radius 3 is 2.26 bits per heavy atom. The van der Waals surface area contributed by atoms with Gasteiger partial charge >= 0.3 is 5.70 Å². The molecule has 2 aromatic carbocycles. The van der Waals surface area contributed by atoms with Crippen molar-refractivity contribution in [2.75, 3.05) is 45.8 Å². The third kappa shape index (κ3) is 7.46. The number of carbonyl (C=O) groups excluding carboxylic acids is 1. The largest absolute Gasteiger partial charge is 0.363 e. The number of nitriles is 1. The molecule has 0 atom stereocenters. The first-order valence-electron chi connectivity index (χ1n) is 13.5. The second kappa shape index (κ2) is 13.7. The van der Waals surface area contributed by atoms with Gasteiger partial charge in [-0.05, 0) is 74.3 Å². The van der Waals surface area contributed by atoms with Crippen LogP contribution in [0.15, 0.2) is 54.0 Å². The molecular formula is C30H34Cl2N6O. The van der Waals surface area contributed by atoms with Gasteiger partial charge in [0, 0.05) is 61.4 Å². The van der Waals surface area contributed by atoms with Gasteiger partial charge in [-0.15, -0.1) is 0 Å². The van der Waals surface area contributed by atoms with E-state index in [0.717, 1.165) is 25.2 Å². The molecule has 7 nitrogen and oxygen atoms in total. The number of piperidine rings is 1. The quantitative estimate of drug-likeness (QED) is 0.281. The second-order valence-corrected chi connectivity index (χ2v) is 10.9. The molecule has 2 fully saturated rings. The fourth-order valence-electron chi connectivity index (χ4n) is 5.33. The van der Waals surface area contributed by atoms with E-state index in [2.05, 4.69) is 27.9 Å². The minimum absolute atomic E-state index is 0.0112. The van der Waals surface area contributed by atoms with Crippen molar-refractivity contribution in [2.45, 2.75) is 39.3 Å². The standard InChI is InChI=1S/C30H34Cl2N6O/c1-3-36(30(39)25-9-7-23(8-10-25)21-35-11-5-4-6-12-35)13-14-37-15-16-38(29(37)28(20-33)34-2)22-24-17-26(31)19-27(32)18-24/h7-10,17-19H,3-6,11-16,21-22H2,1H3/b29-28+. The van der Waals surface area contributed by atoms with E-state index in [1.165, 1.54) is 24.8 Å². The molecule has 0 aromatic heterocycles. The summed E-state index contributed by atoms with van der Waals surface area (Å²) in [6, 6.07) is 15.4. The molecule has 0 saturated carbocycles. The molecule has 9 heteroatoms. The van der Waals surface area contributed by atoms with Crippen LogP contribution in [0.5, 0.6) is 0 Å². The molecule has 0 N–H and O–H groups in total. The van der Waals surface area contributed by atoms with Crippen LogP contribution in [0.1, 0.15) is 47.7 Å². The molecule has 0 bridgehead atoms. The van der Waals surface area contributed by atoms with Crippen LogP contribution in [0.3, 0.4) is 0 Å². The maximum Gasteiger partial charge on any atom is 0.300 e. The third-order valence-electron chi connectivity index (χ3n) is 7.33. The van der Waals surface area contributed by atoms with E-state index in [0.29, 0.717) is 60.7 Å². The zero-order valence-electron chi connectivity index (χ0n) is 22.4. The van der Waals surface area contributed by atoms with Crippen molar-refractivity contribution in [3.8, 4) is 6.07 Å². The summed E-state index contributed by atoms with van der Waals surface area (Å²) >= 11 is 12.4. The lowest BCUT2D eigenvalue weighted by Gasteiger charge is -2.29. The van der Waals surface area contributed by atoms with Gasteiger partial charge < -0.3 is 14.7 Å². The van der Waals surface area contributed by atoms with Crippen LogP contribution in [0.25, 0.3) is 4.85 Å². The topological polar surface area (TPSA) is 58.2 Å². The van der Waals surface area contributed by atoms with Gasteiger partial charge in [0.2, 0.25) is 0 Å². The molecule has 2 aliphatic heterocycles. The van der Waals surface area contributed by atoms with Gasteiger partial charge in [0.05, 0.1) is 12.6 Å². The molecule has 2 heterocycles. The predicted octanol–water partition coefficient (Wildman–Crippen LogP) is 5.87. The zero-order valence-corrected chi connectivity index (χ0v) is 23.9. The SMILES string of the molecule is [C-]#[N+]/C(C#N)=C1\N(CCN(CC)C(=O)c2ccc(CN3CCCCC3)cc2)CCN1Cc1cc(Cl)cc(Cl)c1. The van der Waals surface area contributed by atoms with Gasteiger partial charge in [0.15, 0.2) is 0 Å². The zero-order chi connectivity index (χ0) is 27.8. The molecule has 2 saturated heterocycles. The van der Waals surface area contributed by atoms with Crippen LogP contribution >= 0.6 is 23.2 Å². The average Bonchev–Trinajstić information content (AvgIpc) is 3.32. The number of allylic oxidation sites excluding steroid dienone is 1. The summed E-state index contributed by atoms with van der Waals surface area (Å²) in [4.78, 5) is 25.2. The third-order valence-corrected chi connectivity index (χ3v) is 7.77. The van der Waals surface area contributed by atoms with E-state index in [1.807, 2.05) is 45.9 Å². The first kappa shape index (κ1) is 28.8. The highest BCUT2D eigenvalue weighted by molar-refractivity contribution is 6.34. The molecule has 1 amide bonds.